The van der Waals surface area contributed by atoms with Crippen LogP contribution < -0.4 is 5.73 Å². The van der Waals surface area contributed by atoms with Crippen LogP contribution in [0.25, 0.3) is 0 Å². The van der Waals surface area contributed by atoms with Crippen LogP contribution in [0.15, 0.2) is 0 Å². The Morgan fingerprint density at radius 1 is 1.38 bits per heavy atom. The molecule has 1 rings (SSSR count). The van der Waals surface area contributed by atoms with E-state index in [0.717, 1.165) is 25.7 Å². The third kappa shape index (κ3) is 3.43. The van der Waals surface area contributed by atoms with Gasteiger partial charge in [0.05, 0.1) is 17.6 Å². The van der Waals surface area contributed by atoms with E-state index in [9.17, 15) is 8.42 Å². The average molecular weight is 249 g/mol. The van der Waals surface area contributed by atoms with Gasteiger partial charge in [-0.2, -0.15) is 0 Å². The normalized spacial score (nSPS) is 31.6. The van der Waals surface area contributed by atoms with E-state index < -0.39 is 9.84 Å². The summed E-state index contributed by atoms with van der Waals surface area (Å²) in [5, 5.41) is -0.360. The number of sulfone groups is 1. The minimum absolute atomic E-state index is 0.0955. The summed E-state index contributed by atoms with van der Waals surface area (Å²) in [5.74, 6) is 0.611. The van der Waals surface area contributed by atoms with Gasteiger partial charge in [-0.15, -0.1) is 0 Å². The minimum atomic E-state index is -3.09. The molecule has 16 heavy (non-hydrogen) atoms. The zero-order valence-electron chi connectivity index (χ0n) is 10.2. The zero-order valence-corrected chi connectivity index (χ0v) is 11.0. The van der Waals surface area contributed by atoms with E-state index in [1.54, 1.807) is 0 Å². The molecule has 0 saturated heterocycles. The molecule has 96 valence electrons. The quantitative estimate of drug-likeness (QED) is 0.787. The van der Waals surface area contributed by atoms with Crippen molar-refractivity contribution in [2.75, 3.05) is 19.5 Å². The highest BCUT2D eigenvalue weighted by Gasteiger charge is 2.36. The van der Waals surface area contributed by atoms with Crippen molar-refractivity contribution < 1.29 is 13.2 Å². The molecule has 5 heteroatoms. The Morgan fingerprint density at radius 2 is 2.06 bits per heavy atom. The Labute approximate surface area is 98.5 Å². The Morgan fingerprint density at radius 3 is 2.62 bits per heavy atom. The molecule has 0 aliphatic heterocycles. The summed E-state index contributed by atoms with van der Waals surface area (Å²) in [6.07, 6.45) is 3.66. The van der Waals surface area contributed by atoms with Crippen molar-refractivity contribution in [1.82, 2.24) is 0 Å². The summed E-state index contributed by atoms with van der Waals surface area (Å²) in [7, 11) is -1.57. The zero-order chi connectivity index (χ0) is 12.2. The molecule has 1 fully saturated rings. The number of ether oxygens (including phenoxy) is 1. The van der Waals surface area contributed by atoms with Crippen molar-refractivity contribution in [1.29, 1.82) is 0 Å². The number of hydrogen-bond acceptors (Lipinski definition) is 4. The first-order valence-electron chi connectivity index (χ1n) is 5.97. The summed E-state index contributed by atoms with van der Waals surface area (Å²) < 4.78 is 28.9. The van der Waals surface area contributed by atoms with Gasteiger partial charge < -0.3 is 10.5 Å². The van der Waals surface area contributed by atoms with Crippen LogP contribution in [0.3, 0.4) is 0 Å². The van der Waals surface area contributed by atoms with Gasteiger partial charge in [0.2, 0.25) is 0 Å². The molecular formula is C11H23NO3S. The standard InChI is InChI=1S/C11H23NO3S/c1-3-9-4-5-10(12)11(8-9)16(13,14)7-6-15-2/h9-11H,3-8,12H2,1-2H3. The summed E-state index contributed by atoms with van der Waals surface area (Å²) in [4.78, 5) is 0. The highest BCUT2D eigenvalue weighted by Crippen LogP contribution is 2.30. The maximum atomic E-state index is 12.1. The average Bonchev–Trinajstić information content (AvgIpc) is 2.27. The molecule has 4 nitrogen and oxygen atoms in total. The fraction of sp³-hybridized carbons (Fsp3) is 1.00. The van der Waals surface area contributed by atoms with Crippen LogP contribution in [0.1, 0.15) is 32.6 Å². The summed E-state index contributed by atoms with van der Waals surface area (Å²) in [6.45, 7) is 2.38. The topological polar surface area (TPSA) is 69.4 Å². The van der Waals surface area contributed by atoms with E-state index >= 15 is 0 Å². The molecule has 3 unspecified atom stereocenters. The summed E-state index contributed by atoms with van der Waals surface area (Å²) in [6, 6.07) is -0.190. The molecule has 1 aliphatic rings. The van der Waals surface area contributed by atoms with Crippen molar-refractivity contribution in [3.8, 4) is 0 Å². The van der Waals surface area contributed by atoms with Crippen LogP contribution in [0.2, 0.25) is 0 Å². The van der Waals surface area contributed by atoms with Crippen LogP contribution in [-0.2, 0) is 14.6 Å². The minimum Gasteiger partial charge on any atom is -0.384 e. The molecule has 0 aromatic heterocycles. The van der Waals surface area contributed by atoms with Gasteiger partial charge in [-0.05, 0) is 25.2 Å². The van der Waals surface area contributed by atoms with E-state index in [-0.39, 0.29) is 23.7 Å². The Hall–Kier alpha value is -0.130. The smallest absolute Gasteiger partial charge is 0.156 e. The first kappa shape index (κ1) is 13.9. The molecule has 3 atom stereocenters. The van der Waals surface area contributed by atoms with Crippen LogP contribution >= 0.6 is 0 Å². The molecule has 1 aliphatic carbocycles. The van der Waals surface area contributed by atoms with E-state index in [1.807, 2.05) is 0 Å². The molecule has 0 radical (unpaired) electrons. The number of hydrogen-bond donors (Lipinski definition) is 1. The van der Waals surface area contributed by atoms with E-state index in [4.69, 9.17) is 10.5 Å². The number of nitrogens with two attached hydrogens (primary N) is 1. The molecule has 0 aromatic carbocycles. The Kier molecular flexibility index (Phi) is 5.21. The SMILES string of the molecule is CCC1CCC(N)C(S(=O)(=O)CCOC)C1. The van der Waals surface area contributed by atoms with E-state index in [1.165, 1.54) is 7.11 Å². The fourth-order valence-electron chi connectivity index (χ4n) is 2.37. The predicted molar refractivity (Wildman–Crippen MR) is 65.1 cm³/mol. The maximum Gasteiger partial charge on any atom is 0.156 e. The first-order chi connectivity index (χ1) is 7.51. The van der Waals surface area contributed by atoms with Crippen LogP contribution in [-0.4, -0.2) is 39.2 Å². The second-order valence-corrected chi connectivity index (χ2v) is 6.99. The van der Waals surface area contributed by atoms with Gasteiger partial charge in [0, 0.05) is 13.2 Å². The molecule has 0 spiro atoms. The van der Waals surface area contributed by atoms with Gasteiger partial charge >= 0.3 is 0 Å². The van der Waals surface area contributed by atoms with Gasteiger partial charge in [-0.3, -0.25) is 0 Å². The molecule has 1 saturated carbocycles. The third-order valence-corrected chi connectivity index (χ3v) is 5.76. The van der Waals surface area contributed by atoms with Gasteiger partial charge in [-0.25, -0.2) is 8.42 Å². The number of rotatable bonds is 5. The second kappa shape index (κ2) is 5.98. The molecule has 0 heterocycles. The fourth-order valence-corrected chi connectivity index (χ4v) is 4.31. The Balaban J connectivity index is 2.68. The van der Waals surface area contributed by atoms with Gasteiger partial charge in [0.25, 0.3) is 0 Å². The van der Waals surface area contributed by atoms with Crippen LogP contribution in [0, 0.1) is 5.92 Å². The number of methoxy groups -OCH3 is 1. The summed E-state index contributed by atoms with van der Waals surface area (Å²) >= 11 is 0. The first-order valence-corrected chi connectivity index (χ1v) is 7.69. The van der Waals surface area contributed by atoms with E-state index in [0.29, 0.717) is 5.92 Å². The highest BCUT2D eigenvalue weighted by molar-refractivity contribution is 7.92. The Bertz CT molecular complexity index is 302. The second-order valence-electron chi connectivity index (χ2n) is 4.65. The molecule has 0 bridgehead atoms. The molecule has 0 aromatic rings. The van der Waals surface area contributed by atoms with Gasteiger partial charge in [0.15, 0.2) is 9.84 Å². The lowest BCUT2D eigenvalue weighted by Gasteiger charge is -2.33. The van der Waals surface area contributed by atoms with Crippen molar-refractivity contribution in [3.63, 3.8) is 0 Å². The van der Waals surface area contributed by atoms with Crippen LogP contribution in [0.5, 0.6) is 0 Å². The van der Waals surface area contributed by atoms with Gasteiger partial charge in [-0.1, -0.05) is 13.3 Å². The summed E-state index contributed by atoms with van der Waals surface area (Å²) in [5.41, 5.74) is 5.93. The molecule has 0 amide bonds. The monoisotopic (exact) mass is 249 g/mol. The van der Waals surface area contributed by atoms with Crippen LogP contribution in [0.4, 0.5) is 0 Å². The largest absolute Gasteiger partial charge is 0.384 e. The molecule has 2 N–H and O–H groups in total. The predicted octanol–water partition coefficient (Wildman–Crippen LogP) is 0.954. The third-order valence-electron chi connectivity index (χ3n) is 3.56. The lowest BCUT2D eigenvalue weighted by Crippen LogP contribution is -2.46. The lowest BCUT2D eigenvalue weighted by atomic mass is 9.84. The molecular weight excluding hydrogens is 226 g/mol. The van der Waals surface area contributed by atoms with Crippen molar-refractivity contribution >= 4 is 9.84 Å². The maximum absolute atomic E-state index is 12.1. The lowest BCUT2D eigenvalue weighted by molar-refractivity contribution is 0.216. The van der Waals surface area contributed by atoms with E-state index in [2.05, 4.69) is 6.92 Å². The van der Waals surface area contributed by atoms with Gasteiger partial charge in [0.1, 0.15) is 0 Å². The van der Waals surface area contributed by atoms with Crippen molar-refractivity contribution in [2.24, 2.45) is 11.7 Å². The van der Waals surface area contributed by atoms with Crippen molar-refractivity contribution in [2.45, 2.75) is 43.9 Å². The van der Waals surface area contributed by atoms with Crippen molar-refractivity contribution in [3.05, 3.63) is 0 Å². The highest BCUT2D eigenvalue weighted by atomic mass is 32.2.